The quantitative estimate of drug-likeness (QED) is 0.366. The summed E-state index contributed by atoms with van der Waals surface area (Å²) in [6.07, 6.45) is 0. The predicted octanol–water partition coefficient (Wildman–Crippen LogP) is -16.5. The highest BCUT2D eigenvalue weighted by Crippen LogP contribution is 2.31. The molecule has 0 amide bonds. The number of hydrogen-bond acceptors (Lipinski definition) is 0. The lowest BCUT2D eigenvalue weighted by atomic mass is 9.55. The predicted molar refractivity (Wildman–Crippen MR) is 198 cm³/mol. The molecular formula is C21H33B13. The molecule has 0 aliphatic carbocycles. The van der Waals surface area contributed by atoms with E-state index in [-0.39, 0.29) is 0 Å². The second-order valence-electron chi connectivity index (χ2n) is 11.2. The topological polar surface area (TPSA) is 0 Å². The largest absolute Gasteiger partial charge is 0.139 e. The molecule has 0 bridgehead atoms. The van der Waals surface area contributed by atoms with Crippen molar-refractivity contribution in [3.8, 4) is 22.3 Å². The SMILES string of the molecule is Bc1c(B)c(B)c(-c2c(B)c(B)c(B)c(-c3c(B)c(B)c(B)c(B)c3B)c2C(C)C)c(B)c1B. The van der Waals surface area contributed by atoms with Crippen LogP contribution in [0.25, 0.3) is 22.3 Å². The van der Waals surface area contributed by atoms with Crippen LogP contribution in [0.1, 0.15) is 25.3 Å². The minimum atomic E-state index is 0.421. The van der Waals surface area contributed by atoms with Gasteiger partial charge in [-0.2, -0.15) is 0 Å². The monoisotopic (exact) mass is 428 g/mol. The average molecular weight is 426 g/mol. The van der Waals surface area contributed by atoms with Gasteiger partial charge in [0.1, 0.15) is 102 Å². The van der Waals surface area contributed by atoms with Gasteiger partial charge >= 0.3 is 0 Å². The van der Waals surface area contributed by atoms with Crippen LogP contribution in [-0.4, -0.2) is 102 Å². The molecule has 0 aromatic heterocycles. The lowest BCUT2D eigenvalue weighted by molar-refractivity contribution is 0.874. The molecule has 0 aliphatic rings. The van der Waals surface area contributed by atoms with Gasteiger partial charge in [0.25, 0.3) is 0 Å². The minimum absolute atomic E-state index is 0.421. The van der Waals surface area contributed by atoms with E-state index in [1.54, 1.807) is 0 Å². The van der Waals surface area contributed by atoms with Crippen LogP contribution >= 0.6 is 0 Å². The van der Waals surface area contributed by atoms with Gasteiger partial charge in [-0.05, 0) is 33.7 Å². The Hall–Kier alpha value is -1.50. The van der Waals surface area contributed by atoms with Gasteiger partial charge in [0.05, 0.1) is 0 Å². The maximum absolute atomic E-state index is 2.38. The van der Waals surface area contributed by atoms with Gasteiger partial charge in [0.15, 0.2) is 0 Å². The summed E-state index contributed by atoms with van der Waals surface area (Å²) in [5.74, 6) is 0.421. The van der Waals surface area contributed by atoms with Crippen molar-refractivity contribution < 1.29 is 0 Å². The van der Waals surface area contributed by atoms with Crippen LogP contribution < -0.4 is 71.0 Å². The van der Waals surface area contributed by atoms with Crippen molar-refractivity contribution in [3.05, 3.63) is 5.56 Å². The molecule has 0 unspecified atom stereocenters. The lowest BCUT2D eigenvalue weighted by Gasteiger charge is -2.32. The molecule has 0 heterocycles. The molecule has 3 aromatic rings. The molecule has 0 radical (unpaired) electrons. The van der Waals surface area contributed by atoms with E-state index in [1.807, 2.05) is 0 Å². The first-order valence-electron chi connectivity index (χ1n) is 12.9. The molecule has 0 saturated heterocycles. The van der Waals surface area contributed by atoms with E-state index in [0.717, 1.165) is 0 Å². The van der Waals surface area contributed by atoms with Crippen LogP contribution in [0.15, 0.2) is 0 Å². The summed E-state index contributed by atoms with van der Waals surface area (Å²) in [5.41, 5.74) is 26.0. The Bertz CT molecular complexity index is 1200. The molecule has 0 aliphatic heterocycles. The molecule has 0 saturated carbocycles. The van der Waals surface area contributed by atoms with Gasteiger partial charge in [-0.25, -0.2) is 0 Å². The first-order chi connectivity index (χ1) is 15.7. The van der Waals surface area contributed by atoms with Gasteiger partial charge in [0, 0.05) is 0 Å². The standard InChI is InChI=1S/C21H33B13/c1-3(2)4-5(7-11(24)16(29)20(33)17(30)12(7)25)9(22)15(28)10(23)6(4)8-13(26)18(31)21(34)19(32)14(8)27/h3H,22-34H2,1-2H3. The summed E-state index contributed by atoms with van der Waals surface area (Å²) in [5, 5.41) is 0. The summed E-state index contributed by atoms with van der Waals surface area (Å²) >= 11 is 0. The van der Waals surface area contributed by atoms with Gasteiger partial charge < -0.3 is 0 Å². The zero-order valence-electron chi connectivity index (χ0n) is 24.6. The first-order valence-corrected chi connectivity index (χ1v) is 12.9. The van der Waals surface area contributed by atoms with E-state index >= 15 is 0 Å². The van der Waals surface area contributed by atoms with E-state index in [4.69, 9.17) is 0 Å². The van der Waals surface area contributed by atoms with E-state index < -0.39 is 0 Å². The van der Waals surface area contributed by atoms with Crippen molar-refractivity contribution >= 4 is 173 Å². The molecule has 3 rings (SSSR count). The number of rotatable bonds is 3. The fourth-order valence-corrected chi connectivity index (χ4v) is 6.16. The molecule has 13 heteroatoms. The summed E-state index contributed by atoms with van der Waals surface area (Å²) in [7, 11) is 30.1. The molecule has 0 N–H and O–H groups in total. The molecular weight excluding hydrogens is 393 g/mol. The summed E-state index contributed by atoms with van der Waals surface area (Å²) < 4.78 is 0. The third-order valence-corrected chi connectivity index (χ3v) is 9.49. The van der Waals surface area contributed by atoms with Gasteiger partial charge in [-0.3, -0.25) is 0 Å². The van der Waals surface area contributed by atoms with Crippen molar-refractivity contribution in [1.82, 2.24) is 0 Å². The Morgan fingerprint density at radius 1 is 0.294 bits per heavy atom. The number of benzene rings is 3. The lowest BCUT2D eigenvalue weighted by Crippen LogP contribution is -2.57. The van der Waals surface area contributed by atoms with E-state index in [0.29, 0.717) is 5.92 Å². The van der Waals surface area contributed by atoms with Crippen LogP contribution in [0, 0.1) is 0 Å². The highest BCUT2D eigenvalue weighted by molar-refractivity contribution is 6.71. The Morgan fingerprint density at radius 3 is 0.706 bits per heavy atom. The van der Waals surface area contributed by atoms with E-state index in [2.05, 4.69) is 116 Å². The second-order valence-corrected chi connectivity index (χ2v) is 11.2. The normalized spacial score (nSPS) is 11.3. The van der Waals surface area contributed by atoms with Crippen molar-refractivity contribution in [1.29, 1.82) is 0 Å². The average Bonchev–Trinajstić information content (AvgIpc) is 2.79. The molecule has 0 nitrogen and oxygen atoms in total. The highest BCUT2D eigenvalue weighted by atomic mass is 14.3. The third kappa shape index (κ3) is 3.90. The van der Waals surface area contributed by atoms with Crippen LogP contribution in [0.5, 0.6) is 0 Å². The fraction of sp³-hybridized carbons (Fsp3) is 0.143. The van der Waals surface area contributed by atoms with E-state index in [9.17, 15) is 0 Å². The molecule has 0 atom stereocenters. The molecule has 156 valence electrons. The zero-order chi connectivity index (χ0) is 26.0. The Morgan fingerprint density at radius 2 is 0.471 bits per heavy atom. The first kappa shape index (κ1) is 27.1. The van der Waals surface area contributed by atoms with Gasteiger partial charge in [-0.15, -0.1) is 38.2 Å². The summed E-state index contributed by atoms with van der Waals surface area (Å²) in [4.78, 5) is 0. The van der Waals surface area contributed by atoms with Crippen LogP contribution in [0.3, 0.4) is 0 Å². The van der Waals surface area contributed by atoms with Crippen LogP contribution in [0.4, 0.5) is 0 Å². The van der Waals surface area contributed by atoms with Gasteiger partial charge in [0.2, 0.25) is 0 Å². The minimum Gasteiger partial charge on any atom is -0.102 e. The third-order valence-electron chi connectivity index (χ3n) is 9.49. The fourth-order valence-electron chi connectivity index (χ4n) is 6.16. The maximum atomic E-state index is 2.38. The zero-order valence-corrected chi connectivity index (χ0v) is 24.6. The Labute approximate surface area is 220 Å². The number of hydrogen-bond donors (Lipinski definition) is 0. The van der Waals surface area contributed by atoms with Crippen molar-refractivity contribution in [2.24, 2.45) is 0 Å². The van der Waals surface area contributed by atoms with Crippen LogP contribution in [0.2, 0.25) is 0 Å². The summed E-state index contributed by atoms with van der Waals surface area (Å²) in [6, 6.07) is 0. The summed E-state index contributed by atoms with van der Waals surface area (Å²) in [6.45, 7) is 4.77. The van der Waals surface area contributed by atoms with Crippen molar-refractivity contribution in [3.63, 3.8) is 0 Å². The van der Waals surface area contributed by atoms with E-state index in [1.165, 1.54) is 98.8 Å². The van der Waals surface area contributed by atoms with Crippen LogP contribution in [-0.2, 0) is 0 Å². The maximum Gasteiger partial charge on any atom is 0.139 e. The van der Waals surface area contributed by atoms with Gasteiger partial charge in [-0.1, -0.05) is 46.6 Å². The van der Waals surface area contributed by atoms with Crippen molar-refractivity contribution in [2.75, 3.05) is 0 Å². The smallest absolute Gasteiger partial charge is 0.102 e. The molecule has 34 heavy (non-hydrogen) atoms. The van der Waals surface area contributed by atoms with Crippen molar-refractivity contribution in [2.45, 2.75) is 19.8 Å². The highest BCUT2D eigenvalue weighted by Gasteiger charge is 2.26. The second kappa shape index (κ2) is 9.52. The molecule has 0 fully saturated rings. The molecule has 3 aromatic carbocycles. The Kier molecular flexibility index (Phi) is 7.58. The Balaban J connectivity index is 2.69. The molecule has 0 spiro atoms.